The molecule has 0 bridgehead atoms. The number of aldehydes is 1. The molecule has 1 aromatic rings. The van der Waals surface area contributed by atoms with E-state index in [1.54, 1.807) is 0 Å². The molecule has 0 aliphatic rings. The second-order valence-corrected chi connectivity index (χ2v) is 3.16. The van der Waals surface area contributed by atoms with Crippen LogP contribution >= 0.6 is 0 Å². The topological polar surface area (TPSA) is 43.4 Å². The van der Waals surface area contributed by atoms with Gasteiger partial charge in [-0.1, -0.05) is 5.92 Å². The van der Waals surface area contributed by atoms with E-state index in [-0.39, 0.29) is 11.1 Å². The van der Waals surface area contributed by atoms with Gasteiger partial charge in [0.2, 0.25) is 0 Å². The fraction of sp³-hybridized carbons (Fsp3) is 0.167. The molecule has 0 saturated heterocycles. The summed E-state index contributed by atoms with van der Waals surface area (Å²) >= 11 is 0. The molecule has 0 aliphatic heterocycles. The van der Waals surface area contributed by atoms with Gasteiger partial charge >= 0.3 is 12.1 Å². The molecule has 0 saturated carbocycles. The van der Waals surface area contributed by atoms with Gasteiger partial charge < -0.3 is 4.74 Å². The van der Waals surface area contributed by atoms with Crippen LogP contribution in [0.15, 0.2) is 18.2 Å². The molecule has 6 heteroatoms. The fourth-order valence-electron chi connectivity index (χ4n) is 1.11. The molecule has 0 fully saturated rings. The SMILES string of the molecule is COC(=O)C#Cc1cc(C(F)(F)F)ccc1C=O. The molecule has 1 rings (SSSR count). The van der Waals surface area contributed by atoms with Crippen LogP contribution in [0.3, 0.4) is 0 Å². The first kappa shape index (κ1) is 13.8. The van der Waals surface area contributed by atoms with E-state index in [0.717, 1.165) is 19.2 Å². The molecule has 3 nitrogen and oxygen atoms in total. The van der Waals surface area contributed by atoms with Crippen molar-refractivity contribution in [3.63, 3.8) is 0 Å². The molecule has 0 N–H and O–H groups in total. The second kappa shape index (κ2) is 5.36. The molecule has 0 amide bonds. The van der Waals surface area contributed by atoms with Crippen molar-refractivity contribution in [2.75, 3.05) is 7.11 Å². The van der Waals surface area contributed by atoms with Crippen LogP contribution in [0, 0.1) is 11.8 Å². The van der Waals surface area contributed by atoms with Crippen LogP contribution in [0.4, 0.5) is 13.2 Å². The van der Waals surface area contributed by atoms with Crippen molar-refractivity contribution in [1.82, 2.24) is 0 Å². The number of esters is 1. The van der Waals surface area contributed by atoms with Crippen molar-refractivity contribution < 1.29 is 27.5 Å². The summed E-state index contributed by atoms with van der Waals surface area (Å²) in [7, 11) is 1.09. The van der Waals surface area contributed by atoms with Crippen LogP contribution < -0.4 is 0 Å². The van der Waals surface area contributed by atoms with Gasteiger partial charge in [0, 0.05) is 17.0 Å². The summed E-state index contributed by atoms with van der Waals surface area (Å²) in [6.07, 6.45) is -4.18. The summed E-state index contributed by atoms with van der Waals surface area (Å²) in [6, 6.07) is 2.48. The molecule has 0 radical (unpaired) electrons. The summed E-state index contributed by atoms with van der Waals surface area (Å²) < 4.78 is 41.5. The van der Waals surface area contributed by atoms with E-state index in [2.05, 4.69) is 10.7 Å². The smallest absolute Gasteiger partial charge is 0.416 e. The van der Waals surface area contributed by atoms with Crippen molar-refractivity contribution in [3.05, 3.63) is 34.9 Å². The van der Waals surface area contributed by atoms with Crippen LogP contribution in [-0.2, 0) is 15.7 Å². The lowest BCUT2D eigenvalue weighted by atomic mass is 10.0. The quantitative estimate of drug-likeness (QED) is 0.438. The molecule has 0 heterocycles. The lowest BCUT2D eigenvalue weighted by molar-refractivity contribution is -0.137. The van der Waals surface area contributed by atoms with Gasteiger partial charge in [0.25, 0.3) is 0 Å². The minimum absolute atomic E-state index is 0.0283. The molecule has 0 aromatic heterocycles. The number of halogens is 3. The Morgan fingerprint density at radius 2 is 2.06 bits per heavy atom. The van der Waals surface area contributed by atoms with E-state index in [9.17, 15) is 22.8 Å². The Bertz CT molecular complexity index is 536. The third-order valence-electron chi connectivity index (χ3n) is 1.99. The fourth-order valence-corrected chi connectivity index (χ4v) is 1.11. The highest BCUT2D eigenvalue weighted by molar-refractivity contribution is 5.90. The molecule has 0 atom stereocenters. The third-order valence-corrected chi connectivity index (χ3v) is 1.99. The molecule has 0 unspecified atom stereocenters. The zero-order chi connectivity index (χ0) is 13.8. The number of carbonyl (C=O) groups excluding carboxylic acids is 2. The number of hydrogen-bond acceptors (Lipinski definition) is 3. The van der Waals surface area contributed by atoms with Crippen LogP contribution in [0.2, 0.25) is 0 Å². The molecule has 94 valence electrons. The Morgan fingerprint density at radius 1 is 1.39 bits per heavy atom. The second-order valence-electron chi connectivity index (χ2n) is 3.16. The number of ether oxygens (including phenoxy) is 1. The van der Waals surface area contributed by atoms with E-state index < -0.39 is 17.7 Å². The maximum Gasteiger partial charge on any atom is 0.416 e. The number of rotatable bonds is 1. The summed E-state index contributed by atoms with van der Waals surface area (Å²) in [4.78, 5) is 21.4. The number of benzene rings is 1. The summed E-state index contributed by atoms with van der Waals surface area (Å²) in [5, 5.41) is 0. The van der Waals surface area contributed by atoms with E-state index in [1.807, 2.05) is 5.92 Å². The van der Waals surface area contributed by atoms with Gasteiger partial charge in [-0.3, -0.25) is 4.79 Å². The normalized spacial score (nSPS) is 10.2. The number of methoxy groups -OCH3 is 1. The minimum Gasteiger partial charge on any atom is -0.459 e. The van der Waals surface area contributed by atoms with E-state index in [1.165, 1.54) is 0 Å². The molecule has 0 spiro atoms. The van der Waals surface area contributed by atoms with Gasteiger partial charge in [0.15, 0.2) is 6.29 Å². The van der Waals surface area contributed by atoms with Crippen molar-refractivity contribution >= 4 is 12.3 Å². The average molecular weight is 256 g/mol. The van der Waals surface area contributed by atoms with E-state index in [0.29, 0.717) is 12.4 Å². The first-order valence-corrected chi connectivity index (χ1v) is 4.65. The first-order chi connectivity index (χ1) is 8.38. The number of alkyl halides is 3. The number of hydrogen-bond donors (Lipinski definition) is 0. The third kappa shape index (κ3) is 3.35. The molecule has 1 aromatic carbocycles. The van der Waals surface area contributed by atoms with Crippen LogP contribution in [0.25, 0.3) is 0 Å². The molecular formula is C12H7F3O3. The van der Waals surface area contributed by atoms with Gasteiger partial charge in [0.1, 0.15) is 0 Å². The summed E-state index contributed by atoms with van der Waals surface area (Å²) in [5.41, 5.74) is -1.15. The van der Waals surface area contributed by atoms with Crippen molar-refractivity contribution in [3.8, 4) is 11.8 Å². The summed E-state index contributed by atoms with van der Waals surface area (Å²) in [6.45, 7) is 0. The van der Waals surface area contributed by atoms with Crippen LogP contribution in [-0.4, -0.2) is 19.4 Å². The standard InChI is InChI=1S/C12H7F3O3/c1-18-11(17)5-3-8-6-10(12(13,14)15)4-2-9(8)7-16/h2,4,6-7H,1H3. The van der Waals surface area contributed by atoms with E-state index in [4.69, 9.17) is 0 Å². The Morgan fingerprint density at radius 3 is 2.56 bits per heavy atom. The zero-order valence-corrected chi connectivity index (χ0v) is 9.17. The van der Waals surface area contributed by atoms with Crippen molar-refractivity contribution in [2.45, 2.75) is 6.18 Å². The minimum atomic E-state index is -4.54. The average Bonchev–Trinajstić information content (AvgIpc) is 2.34. The largest absolute Gasteiger partial charge is 0.459 e. The predicted molar refractivity (Wildman–Crippen MR) is 55.7 cm³/mol. The highest BCUT2D eigenvalue weighted by Gasteiger charge is 2.30. The van der Waals surface area contributed by atoms with Gasteiger partial charge in [-0.15, -0.1) is 0 Å². The maximum absolute atomic E-state index is 12.4. The van der Waals surface area contributed by atoms with Gasteiger partial charge in [-0.2, -0.15) is 13.2 Å². The van der Waals surface area contributed by atoms with Gasteiger partial charge in [-0.05, 0) is 18.2 Å². The Labute approximate surface area is 101 Å². The first-order valence-electron chi connectivity index (χ1n) is 4.65. The Hall–Kier alpha value is -2.29. The highest BCUT2D eigenvalue weighted by atomic mass is 19.4. The number of carbonyl (C=O) groups is 2. The van der Waals surface area contributed by atoms with Crippen LogP contribution in [0.5, 0.6) is 0 Å². The van der Waals surface area contributed by atoms with E-state index >= 15 is 0 Å². The zero-order valence-electron chi connectivity index (χ0n) is 9.17. The van der Waals surface area contributed by atoms with Gasteiger partial charge in [-0.25, -0.2) is 4.79 Å². The van der Waals surface area contributed by atoms with Gasteiger partial charge in [0.05, 0.1) is 12.7 Å². The Kier molecular flexibility index (Phi) is 4.10. The lowest BCUT2D eigenvalue weighted by Crippen LogP contribution is -2.06. The monoisotopic (exact) mass is 256 g/mol. The maximum atomic E-state index is 12.4. The molecule has 18 heavy (non-hydrogen) atoms. The lowest BCUT2D eigenvalue weighted by Gasteiger charge is -2.07. The highest BCUT2D eigenvalue weighted by Crippen LogP contribution is 2.30. The van der Waals surface area contributed by atoms with Crippen molar-refractivity contribution in [1.29, 1.82) is 0 Å². The Balaban J connectivity index is 3.26. The van der Waals surface area contributed by atoms with Crippen molar-refractivity contribution in [2.24, 2.45) is 0 Å². The summed E-state index contributed by atoms with van der Waals surface area (Å²) in [5.74, 6) is 3.24. The molecular weight excluding hydrogens is 249 g/mol. The molecule has 0 aliphatic carbocycles. The van der Waals surface area contributed by atoms with Crippen LogP contribution in [0.1, 0.15) is 21.5 Å². The predicted octanol–water partition coefficient (Wildman–Crippen LogP) is 2.04.